The highest BCUT2D eigenvalue weighted by atomic mass is 32.1. The van der Waals surface area contributed by atoms with Gasteiger partial charge in [0.25, 0.3) is 5.91 Å². The Kier molecular flexibility index (Phi) is 4.48. The van der Waals surface area contributed by atoms with Gasteiger partial charge in [-0.1, -0.05) is 24.3 Å². The molecule has 0 atom stereocenters. The number of hydrogen-bond acceptors (Lipinski definition) is 5. The molecule has 0 spiro atoms. The average Bonchev–Trinajstić information content (AvgIpc) is 3.03. The summed E-state index contributed by atoms with van der Waals surface area (Å²) in [6.45, 7) is 2.77. The fourth-order valence-electron chi connectivity index (χ4n) is 2.36. The summed E-state index contributed by atoms with van der Waals surface area (Å²) in [6, 6.07) is 12.9. The van der Waals surface area contributed by atoms with E-state index in [0.717, 1.165) is 16.4 Å². The first-order valence-corrected chi connectivity index (χ1v) is 8.29. The second kappa shape index (κ2) is 6.72. The van der Waals surface area contributed by atoms with E-state index in [4.69, 9.17) is 5.73 Å². The molecule has 3 aromatic rings. The van der Waals surface area contributed by atoms with E-state index in [9.17, 15) is 9.90 Å². The van der Waals surface area contributed by atoms with Crippen molar-refractivity contribution in [2.45, 2.75) is 13.5 Å². The molecule has 0 saturated heterocycles. The van der Waals surface area contributed by atoms with Gasteiger partial charge in [-0.2, -0.15) is 0 Å². The molecule has 0 unspecified atom stereocenters. The molecule has 4 N–H and O–H groups in total. The van der Waals surface area contributed by atoms with Crippen molar-refractivity contribution >= 4 is 22.4 Å². The monoisotopic (exact) mass is 339 g/mol. The molecule has 1 heterocycles. The third-order valence-corrected chi connectivity index (χ3v) is 4.55. The van der Waals surface area contributed by atoms with Crippen LogP contribution >= 0.6 is 11.3 Å². The third-order valence-electron chi connectivity index (χ3n) is 3.75. The molecule has 0 aliphatic rings. The van der Waals surface area contributed by atoms with Gasteiger partial charge in [0.05, 0.1) is 11.3 Å². The lowest BCUT2D eigenvalue weighted by molar-refractivity contribution is 0.0998. The molecule has 5 nitrogen and oxygen atoms in total. The van der Waals surface area contributed by atoms with E-state index in [1.165, 1.54) is 28.5 Å². The molecule has 24 heavy (non-hydrogen) atoms. The van der Waals surface area contributed by atoms with Crippen LogP contribution in [0.5, 0.6) is 5.75 Å². The molecular weight excluding hydrogens is 322 g/mol. The van der Waals surface area contributed by atoms with Gasteiger partial charge in [-0.3, -0.25) is 4.79 Å². The van der Waals surface area contributed by atoms with E-state index in [1.54, 1.807) is 12.1 Å². The van der Waals surface area contributed by atoms with E-state index in [1.807, 2.05) is 17.5 Å². The molecule has 2 aromatic carbocycles. The van der Waals surface area contributed by atoms with Crippen molar-refractivity contribution < 1.29 is 9.90 Å². The molecule has 0 radical (unpaired) electrons. The Morgan fingerprint density at radius 2 is 2.08 bits per heavy atom. The first-order valence-electron chi connectivity index (χ1n) is 7.41. The molecule has 3 rings (SSSR count). The first-order chi connectivity index (χ1) is 11.5. The number of thiazole rings is 1. The lowest BCUT2D eigenvalue weighted by atomic mass is 10.1. The van der Waals surface area contributed by atoms with Crippen molar-refractivity contribution in [2.24, 2.45) is 5.73 Å². The van der Waals surface area contributed by atoms with Gasteiger partial charge in [-0.25, -0.2) is 4.98 Å². The van der Waals surface area contributed by atoms with Crippen LogP contribution < -0.4 is 11.1 Å². The Morgan fingerprint density at radius 1 is 1.29 bits per heavy atom. The predicted molar refractivity (Wildman–Crippen MR) is 96.2 cm³/mol. The zero-order valence-corrected chi connectivity index (χ0v) is 13.9. The molecule has 0 aliphatic heterocycles. The summed E-state index contributed by atoms with van der Waals surface area (Å²) in [5.74, 6) is -0.790. The highest BCUT2D eigenvalue weighted by Crippen LogP contribution is 2.28. The maximum Gasteiger partial charge on any atom is 0.252 e. The molecular formula is C18H17N3O2S. The number of aromatic nitrogens is 1. The van der Waals surface area contributed by atoms with Crippen LogP contribution in [0.3, 0.4) is 0 Å². The zero-order chi connectivity index (χ0) is 17.1. The number of nitrogens with one attached hydrogen (secondary N) is 1. The molecule has 0 fully saturated rings. The number of phenols is 1. The largest absolute Gasteiger partial charge is 0.507 e. The van der Waals surface area contributed by atoms with Crippen LogP contribution in [0.1, 0.15) is 21.5 Å². The number of amides is 1. The van der Waals surface area contributed by atoms with Gasteiger partial charge in [0.1, 0.15) is 5.75 Å². The van der Waals surface area contributed by atoms with Crippen LogP contribution in [-0.2, 0) is 6.54 Å². The summed E-state index contributed by atoms with van der Waals surface area (Å²) in [6.07, 6.45) is 0. The molecule has 0 bridgehead atoms. The Balaban J connectivity index is 1.77. The van der Waals surface area contributed by atoms with Gasteiger partial charge in [-0.15, -0.1) is 11.3 Å². The fraction of sp³-hybridized carbons (Fsp3) is 0.111. The maximum absolute atomic E-state index is 11.3. The minimum absolute atomic E-state index is 0.0925. The second-order valence-electron chi connectivity index (χ2n) is 5.41. The Bertz CT molecular complexity index is 889. The van der Waals surface area contributed by atoms with Gasteiger partial charge in [-0.05, 0) is 36.2 Å². The number of primary amides is 1. The standard InChI is InChI=1S/C18H17N3O2S/c1-11-4-2-3-5-13(11)9-20-18-21-15(10-24-18)12-6-7-16(22)14(8-12)17(19)23/h2-8,10,22H,9H2,1H3,(H2,19,23)(H,20,21). The van der Waals surface area contributed by atoms with Crippen molar-refractivity contribution in [3.63, 3.8) is 0 Å². The topological polar surface area (TPSA) is 88.2 Å². The van der Waals surface area contributed by atoms with E-state index >= 15 is 0 Å². The number of carbonyl (C=O) groups excluding carboxylic acids is 1. The summed E-state index contributed by atoms with van der Waals surface area (Å²) in [5, 5.41) is 15.7. The number of nitrogens with two attached hydrogens (primary N) is 1. The second-order valence-corrected chi connectivity index (χ2v) is 6.27. The van der Waals surface area contributed by atoms with Crippen LogP contribution in [0.15, 0.2) is 47.8 Å². The zero-order valence-electron chi connectivity index (χ0n) is 13.1. The number of hydrogen-bond donors (Lipinski definition) is 3. The normalized spacial score (nSPS) is 10.5. The molecule has 1 amide bonds. The van der Waals surface area contributed by atoms with Crippen molar-refractivity contribution in [2.75, 3.05) is 5.32 Å². The highest BCUT2D eigenvalue weighted by molar-refractivity contribution is 7.14. The van der Waals surface area contributed by atoms with Crippen LogP contribution in [0, 0.1) is 6.92 Å². The van der Waals surface area contributed by atoms with E-state index in [-0.39, 0.29) is 11.3 Å². The van der Waals surface area contributed by atoms with Crippen molar-refractivity contribution in [1.82, 2.24) is 4.98 Å². The molecule has 0 saturated carbocycles. The molecule has 0 aliphatic carbocycles. The number of rotatable bonds is 5. The van der Waals surface area contributed by atoms with Crippen LogP contribution in [0.25, 0.3) is 11.3 Å². The Labute approximate surface area is 143 Å². The van der Waals surface area contributed by atoms with E-state index < -0.39 is 5.91 Å². The van der Waals surface area contributed by atoms with Crippen LogP contribution in [0.2, 0.25) is 0 Å². The minimum atomic E-state index is -0.664. The number of benzene rings is 2. The Hall–Kier alpha value is -2.86. The SMILES string of the molecule is Cc1ccccc1CNc1nc(-c2ccc(O)c(C(N)=O)c2)cs1. The summed E-state index contributed by atoms with van der Waals surface area (Å²) in [5.41, 5.74) is 9.27. The van der Waals surface area contributed by atoms with Crippen molar-refractivity contribution in [3.8, 4) is 17.0 Å². The highest BCUT2D eigenvalue weighted by Gasteiger charge is 2.11. The van der Waals surface area contributed by atoms with Crippen molar-refractivity contribution in [1.29, 1.82) is 0 Å². The number of aryl methyl sites for hydroxylation is 1. The van der Waals surface area contributed by atoms with Crippen LogP contribution in [-0.4, -0.2) is 16.0 Å². The number of nitrogens with zero attached hydrogens (tertiary/aromatic N) is 1. The maximum atomic E-state index is 11.3. The summed E-state index contributed by atoms with van der Waals surface area (Å²) >= 11 is 1.49. The van der Waals surface area contributed by atoms with E-state index in [2.05, 4.69) is 29.4 Å². The smallest absolute Gasteiger partial charge is 0.252 e. The Morgan fingerprint density at radius 3 is 2.83 bits per heavy atom. The summed E-state index contributed by atoms with van der Waals surface area (Å²) in [4.78, 5) is 15.9. The first kappa shape index (κ1) is 16.0. The lowest BCUT2D eigenvalue weighted by Gasteiger charge is -2.06. The summed E-state index contributed by atoms with van der Waals surface area (Å²) < 4.78 is 0. The van der Waals surface area contributed by atoms with Gasteiger partial charge in [0.2, 0.25) is 0 Å². The minimum Gasteiger partial charge on any atom is -0.507 e. The third kappa shape index (κ3) is 3.38. The van der Waals surface area contributed by atoms with Crippen molar-refractivity contribution in [3.05, 3.63) is 64.5 Å². The average molecular weight is 339 g/mol. The number of aromatic hydroxyl groups is 1. The van der Waals surface area contributed by atoms with Gasteiger partial charge in [0.15, 0.2) is 5.13 Å². The molecule has 122 valence electrons. The van der Waals surface area contributed by atoms with E-state index in [0.29, 0.717) is 6.54 Å². The van der Waals surface area contributed by atoms with Gasteiger partial charge in [0, 0.05) is 17.5 Å². The van der Waals surface area contributed by atoms with Gasteiger partial charge < -0.3 is 16.2 Å². The predicted octanol–water partition coefficient (Wildman–Crippen LogP) is 3.54. The fourth-order valence-corrected chi connectivity index (χ4v) is 3.08. The lowest BCUT2D eigenvalue weighted by Crippen LogP contribution is -2.11. The quantitative estimate of drug-likeness (QED) is 0.663. The molecule has 1 aromatic heterocycles. The number of anilines is 1. The van der Waals surface area contributed by atoms with Crippen LogP contribution in [0.4, 0.5) is 5.13 Å². The molecule has 6 heteroatoms. The van der Waals surface area contributed by atoms with Gasteiger partial charge >= 0.3 is 0 Å². The number of carbonyl (C=O) groups is 1. The summed E-state index contributed by atoms with van der Waals surface area (Å²) in [7, 11) is 0.